The molecule has 3 rings (SSSR count). The zero-order valence-corrected chi connectivity index (χ0v) is 12.7. The molecule has 2 aromatic heterocycles. The number of nitrogens with zero attached hydrogens (tertiary/aromatic N) is 4. The molecular weight excluding hydrogens is 262 g/mol. The van der Waals surface area contributed by atoms with Crippen molar-refractivity contribution >= 4 is 11.0 Å². The highest BCUT2D eigenvalue weighted by molar-refractivity contribution is 5.80. The van der Waals surface area contributed by atoms with Gasteiger partial charge in [-0.05, 0) is 23.6 Å². The molecule has 5 heteroatoms. The van der Waals surface area contributed by atoms with Gasteiger partial charge in [-0.2, -0.15) is 0 Å². The molecule has 2 N–H and O–H groups in total. The SMILES string of the molecule is CC(C)Cn1c(-c2cncn2C)nc2cc(CN)ccc21. The molecule has 0 aliphatic rings. The van der Waals surface area contributed by atoms with Crippen LogP contribution in [0.1, 0.15) is 19.4 Å². The summed E-state index contributed by atoms with van der Waals surface area (Å²) in [6, 6.07) is 6.27. The lowest BCUT2D eigenvalue weighted by atomic mass is 10.2. The number of imidazole rings is 2. The minimum Gasteiger partial charge on any atom is -0.331 e. The van der Waals surface area contributed by atoms with Crippen LogP contribution in [-0.4, -0.2) is 19.1 Å². The van der Waals surface area contributed by atoms with E-state index in [4.69, 9.17) is 10.7 Å². The first kappa shape index (κ1) is 13.8. The minimum absolute atomic E-state index is 0.536. The molecule has 21 heavy (non-hydrogen) atoms. The topological polar surface area (TPSA) is 61.7 Å². The van der Waals surface area contributed by atoms with Gasteiger partial charge in [-0.1, -0.05) is 19.9 Å². The molecule has 0 unspecified atom stereocenters. The number of aryl methyl sites for hydroxylation is 1. The lowest BCUT2D eigenvalue weighted by Crippen LogP contribution is -2.07. The van der Waals surface area contributed by atoms with Crippen LogP contribution in [0.15, 0.2) is 30.7 Å². The second-order valence-electron chi connectivity index (χ2n) is 5.86. The molecule has 0 spiro atoms. The molecule has 3 aromatic rings. The summed E-state index contributed by atoms with van der Waals surface area (Å²) in [6.45, 7) is 5.90. The number of hydrogen-bond acceptors (Lipinski definition) is 3. The Hall–Kier alpha value is -2.14. The monoisotopic (exact) mass is 283 g/mol. The molecule has 2 heterocycles. The number of rotatable bonds is 4. The summed E-state index contributed by atoms with van der Waals surface area (Å²) in [6.07, 6.45) is 3.67. The molecule has 0 amide bonds. The molecule has 0 saturated carbocycles. The van der Waals surface area contributed by atoms with Crippen LogP contribution in [0.4, 0.5) is 0 Å². The predicted octanol–water partition coefficient (Wildman–Crippen LogP) is 2.55. The second-order valence-corrected chi connectivity index (χ2v) is 5.86. The first-order chi connectivity index (χ1) is 10.1. The second kappa shape index (κ2) is 5.33. The first-order valence-corrected chi connectivity index (χ1v) is 7.26. The Morgan fingerprint density at radius 2 is 2.10 bits per heavy atom. The van der Waals surface area contributed by atoms with Crippen molar-refractivity contribution in [3.63, 3.8) is 0 Å². The number of fused-ring (bicyclic) bond motifs is 1. The summed E-state index contributed by atoms with van der Waals surface area (Å²) in [5.74, 6) is 1.51. The average Bonchev–Trinajstić information content (AvgIpc) is 3.02. The lowest BCUT2D eigenvalue weighted by molar-refractivity contribution is 0.535. The van der Waals surface area contributed by atoms with Gasteiger partial charge >= 0.3 is 0 Å². The highest BCUT2D eigenvalue weighted by Gasteiger charge is 2.16. The number of aromatic nitrogens is 4. The Morgan fingerprint density at radius 1 is 1.29 bits per heavy atom. The maximum Gasteiger partial charge on any atom is 0.159 e. The smallest absolute Gasteiger partial charge is 0.159 e. The molecule has 0 radical (unpaired) electrons. The van der Waals surface area contributed by atoms with Crippen molar-refractivity contribution < 1.29 is 0 Å². The van der Waals surface area contributed by atoms with Gasteiger partial charge in [0.2, 0.25) is 0 Å². The quantitative estimate of drug-likeness (QED) is 0.800. The van der Waals surface area contributed by atoms with Crippen LogP contribution in [0, 0.1) is 5.92 Å². The van der Waals surface area contributed by atoms with E-state index < -0.39 is 0 Å². The van der Waals surface area contributed by atoms with Gasteiger partial charge in [0, 0.05) is 20.1 Å². The highest BCUT2D eigenvalue weighted by atomic mass is 15.1. The summed E-state index contributed by atoms with van der Waals surface area (Å²) in [4.78, 5) is 9.04. The summed E-state index contributed by atoms with van der Waals surface area (Å²) in [5, 5.41) is 0. The molecule has 0 fully saturated rings. The number of hydrogen-bond donors (Lipinski definition) is 1. The number of benzene rings is 1. The van der Waals surface area contributed by atoms with Crippen molar-refractivity contribution in [1.29, 1.82) is 0 Å². The first-order valence-electron chi connectivity index (χ1n) is 7.26. The van der Waals surface area contributed by atoms with Crippen molar-refractivity contribution in [1.82, 2.24) is 19.1 Å². The van der Waals surface area contributed by atoms with Crippen LogP contribution in [0.2, 0.25) is 0 Å². The van der Waals surface area contributed by atoms with E-state index in [2.05, 4.69) is 41.6 Å². The molecule has 0 aliphatic heterocycles. The van der Waals surface area contributed by atoms with Gasteiger partial charge in [0.15, 0.2) is 5.82 Å². The van der Waals surface area contributed by atoms with E-state index >= 15 is 0 Å². The fourth-order valence-electron chi connectivity index (χ4n) is 2.62. The average molecular weight is 283 g/mol. The van der Waals surface area contributed by atoms with Gasteiger partial charge < -0.3 is 14.9 Å². The van der Waals surface area contributed by atoms with Gasteiger partial charge in [0.25, 0.3) is 0 Å². The van der Waals surface area contributed by atoms with Crippen LogP contribution in [0.3, 0.4) is 0 Å². The Labute approximate surface area is 124 Å². The molecule has 0 atom stereocenters. The summed E-state index contributed by atoms with van der Waals surface area (Å²) in [5.41, 5.74) is 10.0. The Morgan fingerprint density at radius 3 is 2.71 bits per heavy atom. The van der Waals surface area contributed by atoms with Crippen LogP contribution in [-0.2, 0) is 20.1 Å². The van der Waals surface area contributed by atoms with Crippen LogP contribution in [0.5, 0.6) is 0 Å². The van der Waals surface area contributed by atoms with Crippen molar-refractivity contribution in [2.24, 2.45) is 18.7 Å². The van der Waals surface area contributed by atoms with Crippen molar-refractivity contribution in [3.8, 4) is 11.5 Å². The Bertz CT molecular complexity index is 766. The van der Waals surface area contributed by atoms with Gasteiger partial charge in [-0.3, -0.25) is 0 Å². The van der Waals surface area contributed by atoms with E-state index in [0.29, 0.717) is 12.5 Å². The fourth-order valence-corrected chi connectivity index (χ4v) is 2.62. The molecule has 0 bridgehead atoms. The summed E-state index contributed by atoms with van der Waals surface area (Å²) >= 11 is 0. The van der Waals surface area contributed by atoms with Gasteiger partial charge in [-0.15, -0.1) is 0 Å². The van der Waals surface area contributed by atoms with Gasteiger partial charge in [-0.25, -0.2) is 9.97 Å². The van der Waals surface area contributed by atoms with Crippen LogP contribution < -0.4 is 5.73 Å². The van der Waals surface area contributed by atoms with Crippen molar-refractivity contribution in [2.45, 2.75) is 26.9 Å². The molecule has 5 nitrogen and oxygen atoms in total. The van der Waals surface area contributed by atoms with E-state index in [1.54, 1.807) is 6.33 Å². The van der Waals surface area contributed by atoms with Crippen LogP contribution in [0.25, 0.3) is 22.6 Å². The maximum absolute atomic E-state index is 5.74. The van der Waals surface area contributed by atoms with E-state index in [0.717, 1.165) is 34.7 Å². The number of nitrogens with two attached hydrogens (primary N) is 1. The lowest BCUT2D eigenvalue weighted by Gasteiger charge is -2.12. The fraction of sp³-hybridized carbons (Fsp3) is 0.375. The maximum atomic E-state index is 5.74. The Kier molecular flexibility index (Phi) is 3.51. The molecule has 110 valence electrons. The third kappa shape index (κ3) is 2.45. The molecule has 0 saturated heterocycles. The molecular formula is C16H21N5. The normalized spacial score (nSPS) is 11.7. The molecule has 1 aromatic carbocycles. The highest BCUT2D eigenvalue weighted by Crippen LogP contribution is 2.26. The van der Waals surface area contributed by atoms with E-state index in [1.807, 2.05) is 17.8 Å². The van der Waals surface area contributed by atoms with Gasteiger partial charge in [0.05, 0.1) is 23.6 Å². The Balaban J connectivity index is 2.24. The minimum atomic E-state index is 0.536. The molecule has 0 aliphatic carbocycles. The summed E-state index contributed by atoms with van der Waals surface area (Å²) in [7, 11) is 1.99. The zero-order valence-electron chi connectivity index (χ0n) is 12.7. The summed E-state index contributed by atoms with van der Waals surface area (Å²) < 4.78 is 4.28. The van der Waals surface area contributed by atoms with Gasteiger partial charge in [0.1, 0.15) is 5.69 Å². The predicted molar refractivity (Wildman–Crippen MR) is 84.7 cm³/mol. The third-order valence-corrected chi connectivity index (χ3v) is 3.64. The third-order valence-electron chi connectivity index (χ3n) is 3.64. The van der Waals surface area contributed by atoms with E-state index in [9.17, 15) is 0 Å². The van der Waals surface area contributed by atoms with Crippen molar-refractivity contribution in [2.75, 3.05) is 0 Å². The standard InChI is InChI=1S/C16H21N5/c1-11(2)9-21-14-5-4-12(7-17)6-13(14)19-16(21)15-8-18-10-20(15)3/h4-6,8,10-11H,7,9,17H2,1-3H3. The zero-order chi connectivity index (χ0) is 15.0. The van der Waals surface area contributed by atoms with Crippen LogP contribution >= 0.6 is 0 Å². The largest absolute Gasteiger partial charge is 0.331 e. The van der Waals surface area contributed by atoms with E-state index in [-0.39, 0.29) is 0 Å². The van der Waals surface area contributed by atoms with E-state index in [1.165, 1.54) is 0 Å². The van der Waals surface area contributed by atoms with Crippen molar-refractivity contribution in [3.05, 3.63) is 36.3 Å².